The number of rotatable bonds is 4. The first-order chi connectivity index (χ1) is 9.86. The van der Waals surface area contributed by atoms with Crippen molar-refractivity contribution in [2.75, 3.05) is 31.5 Å². The van der Waals surface area contributed by atoms with Crippen molar-refractivity contribution in [2.24, 2.45) is 5.92 Å². The number of anilines is 1. The largest absolute Gasteiger partial charge is 0.369 e. The van der Waals surface area contributed by atoms with Gasteiger partial charge < -0.3 is 10.2 Å². The Balaban J connectivity index is 1.63. The fourth-order valence-electron chi connectivity index (χ4n) is 3.46. The van der Waals surface area contributed by atoms with Crippen LogP contribution in [0.5, 0.6) is 0 Å². The van der Waals surface area contributed by atoms with Gasteiger partial charge in [-0.2, -0.15) is 0 Å². The Morgan fingerprint density at radius 2 is 2.15 bits per heavy atom. The lowest BCUT2D eigenvalue weighted by Crippen LogP contribution is -2.23. The SMILES string of the molecule is CCN1CCC(CNc2ncnc3c2CCCCC3)C1. The maximum absolute atomic E-state index is 4.50. The van der Waals surface area contributed by atoms with E-state index < -0.39 is 0 Å². The quantitative estimate of drug-likeness (QED) is 0.857. The first kappa shape index (κ1) is 13.8. The van der Waals surface area contributed by atoms with E-state index in [-0.39, 0.29) is 0 Å². The fraction of sp³-hybridized carbons (Fsp3) is 0.750. The molecule has 0 radical (unpaired) electrons. The van der Waals surface area contributed by atoms with Crippen LogP contribution in [0.25, 0.3) is 0 Å². The van der Waals surface area contributed by atoms with E-state index in [1.807, 2.05) is 0 Å². The van der Waals surface area contributed by atoms with Crippen molar-refractivity contribution in [2.45, 2.75) is 45.4 Å². The highest BCUT2D eigenvalue weighted by Gasteiger charge is 2.21. The summed E-state index contributed by atoms with van der Waals surface area (Å²) >= 11 is 0. The highest BCUT2D eigenvalue weighted by Crippen LogP contribution is 2.24. The van der Waals surface area contributed by atoms with E-state index >= 15 is 0 Å². The maximum Gasteiger partial charge on any atom is 0.132 e. The van der Waals surface area contributed by atoms with Crippen molar-refractivity contribution >= 4 is 5.82 Å². The van der Waals surface area contributed by atoms with E-state index in [9.17, 15) is 0 Å². The second-order valence-corrected chi connectivity index (χ2v) is 6.14. The summed E-state index contributed by atoms with van der Waals surface area (Å²) < 4.78 is 0. The molecule has 1 N–H and O–H groups in total. The van der Waals surface area contributed by atoms with Crippen molar-refractivity contribution < 1.29 is 0 Å². The summed E-state index contributed by atoms with van der Waals surface area (Å²) in [6.07, 6.45) is 9.20. The van der Waals surface area contributed by atoms with Crippen LogP contribution >= 0.6 is 0 Å². The van der Waals surface area contributed by atoms with E-state index in [0.29, 0.717) is 0 Å². The van der Waals surface area contributed by atoms with Crippen LogP contribution in [0.1, 0.15) is 43.9 Å². The molecule has 0 bridgehead atoms. The summed E-state index contributed by atoms with van der Waals surface area (Å²) in [6.45, 7) is 6.97. The molecule has 4 nitrogen and oxygen atoms in total. The van der Waals surface area contributed by atoms with Crippen LogP contribution in [0, 0.1) is 5.92 Å². The molecule has 1 saturated heterocycles. The van der Waals surface area contributed by atoms with Crippen LogP contribution in [0.2, 0.25) is 0 Å². The van der Waals surface area contributed by atoms with Gasteiger partial charge in [0.15, 0.2) is 0 Å². The van der Waals surface area contributed by atoms with Crippen molar-refractivity contribution in [3.05, 3.63) is 17.6 Å². The predicted molar refractivity (Wildman–Crippen MR) is 82.0 cm³/mol. The first-order valence-electron chi connectivity index (χ1n) is 8.15. The molecule has 0 spiro atoms. The van der Waals surface area contributed by atoms with Crippen LogP contribution in [0.3, 0.4) is 0 Å². The zero-order chi connectivity index (χ0) is 13.8. The zero-order valence-corrected chi connectivity index (χ0v) is 12.6. The average molecular weight is 274 g/mol. The first-order valence-corrected chi connectivity index (χ1v) is 8.15. The molecule has 0 aromatic carbocycles. The number of aromatic nitrogens is 2. The highest BCUT2D eigenvalue weighted by molar-refractivity contribution is 5.46. The van der Waals surface area contributed by atoms with Crippen molar-refractivity contribution in [3.63, 3.8) is 0 Å². The third kappa shape index (κ3) is 3.11. The Bertz CT molecular complexity index is 446. The summed E-state index contributed by atoms with van der Waals surface area (Å²) in [7, 11) is 0. The minimum atomic E-state index is 0.770. The smallest absolute Gasteiger partial charge is 0.132 e. The van der Waals surface area contributed by atoms with Crippen molar-refractivity contribution in [1.29, 1.82) is 0 Å². The topological polar surface area (TPSA) is 41.0 Å². The van der Waals surface area contributed by atoms with Gasteiger partial charge in [0.2, 0.25) is 0 Å². The van der Waals surface area contributed by atoms with Crippen molar-refractivity contribution in [3.8, 4) is 0 Å². The van der Waals surface area contributed by atoms with Gasteiger partial charge in [0.25, 0.3) is 0 Å². The molecular weight excluding hydrogens is 248 g/mol. The van der Waals surface area contributed by atoms with E-state index in [4.69, 9.17) is 0 Å². The zero-order valence-electron chi connectivity index (χ0n) is 12.6. The monoisotopic (exact) mass is 274 g/mol. The Hall–Kier alpha value is -1.16. The summed E-state index contributed by atoms with van der Waals surface area (Å²) in [5, 5.41) is 3.61. The van der Waals surface area contributed by atoms with Gasteiger partial charge in [0, 0.05) is 24.3 Å². The van der Waals surface area contributed by atoms with Gasteiger partial charge in [-0.3, -0.25) is 0 Å². The second-order valence-electron chi connectivity index (χ2n) is 6.14. The Kier molecular flexibility index (Phi) is 4.51. The average Bonchev–Trinajstić information content (AvgIpc) is 2.80. The summed E-state index contributed by atoms with van der Waals surface area (Å²) in [5.41, 5.74) is 2.66. The van der Waals surface area contributed by atoms with Gasteiger partial charge in [-0.05, 0) is 51.1 Å². The molecule has 0 amide bonds. The third-order valence-corrected chi connectivity index (χ3v) is 4.75. The molecule has 2 aliphatic rings. The lowest BCUT2D eigenvalue weighted by atomic mass is 10.1. The molecule has 1 aliphatic carbocycles. The number of likely N-dealkylation sites (tertiary alicyclic amines) is 1. The lowest BCUT2D eigenvalue weighted by Gasteiger charge is -2.16. The third-order valence-electron chi connectivity index (χ3n) is 4.75. The number of hydrogen-bond acceptors (Lipinski definition) is 4. The van der Waals surface area contributed by atoms with E-state index in [1.54, 1.807) is 6.33 Å². The second kappa shape index (κ2) is 6.53. The van der Waals surface area contributed by atoms with Crippen molar-refractivity contribution in [1.82, 2.24) is 14.9 Å². The minimum Gasteiger partial charge on any atom is -0.369 e. The highest BCUT2D eigenvalue weighted by atomic mass is 15.1. The van der Waals surface area contributed by atoms with E-state index in [0.717, 1.165) is 31.1 Å². The molecule has 0 saturated carbocycles. The van der Waals surface area contributed by atoms with Crippen LogP contribution < -0.4 is 5.32 Å². The number of hydrogen-bond donors (Lipinski definition) is 1. The molecular formula is C16H26N4. The Morgan fingerprint density at radius 1 is 1.25 bits per heavy atom. The normalized spacial score (nSPS) is 23.4. The van der Waals surface area contributed by atoms with Crippen LogP contribution in [0.15, 0.2) is 6.33 Å². The minimum absolute atomic E-state index is 0.770. The van der Waals surface area contributed by atoms with Crippen LogP contribution in [-0.4, -0.2) is 41.0 Å². The Labute approximate surface area is 122 Å². The number of aryl methyl sites for hydroxylation is 1. The molecule has 4 heteroatoms. The fourth-order valence-corrected chi connectivity index (χ4v) is 3.46. The van der Waals surface area contributed by atoms with E-state index in [2.05, 4.69) is 27.1 Å². The lowest BCUT2D eigenvalue weighted by molar-refractivity contribution is 0.345. The van der Waals surface area contributed by atoms with Gasteiger partial charge in [0.1, 0.15) is 12.1 Å². The maximum atomic E-state index is 4.50. The molecule has 1 unspecified atom stereocenters. The molecule has 1 aromatic rings. The number of nitrogens with zero attached hydrogens (tertiary/aromatic N) is 3. The van der Waals surface area contributed by atoms with Gasteiger partial charge in [0.05, 0.1) is 0 Å². The predicted octanol–water partition coefficient (Wildman–Crippen LogP) is 2.50. The summed E-state index contributed by atoms with van der Waals surface area (Å²) in [4.78, 5) is 11.5. The standard InChI is InChI=1S/C16H26N4/c1-2-20-9-8-13(11-20)10-17-16-14-6-4-3-5-7-15(14)18-12-19-16/h12-13H,2-11H2,1H3,(H,17,18,19). The molecule has 110 valence electrons. The molecule has 1 aliphatic heterocycles. The Morgan fingerprint density at radius 3 is 3.00 bits per heavy atom. The van der Waals surface area contributed by atoms with Crippen LogP contribution in [-0.2, 0) is 12.8 Å². The molecule has 3 rings (SSSR count). The molecule has 1 aromatic heterocycles. The van der Waals surface area contributed by atoms with Gasteiger partial charge >= 0.3 is 0 Å². The molecule has 1 atom stereocenters. The summed E-state index contributed by atoms with van der Waals surface area (Å²) in [5.74, 6) is 1.87. The molecule has 1 fully saturated rings. The van der Waals surface area contributed by atoms with Gasteiger partial charge in [-0.1, -0.05) is 13.3 Å². The molecule has 20 heavy (non-hydrogen) atoms. The van der Waals surface area contributed by atoms with E-state index in [1.165, 1.54) is 56.6 Å². The van der Waals surface area contributed by atoms with Crippen LogP contribution in [0.4, 0.5) is 5.82 Å². The molecule has 2 heterocycles. The summed E-state index contributed by atoms with van der Waals surface area (Å²) in [6, 6.07) is 0. The number of fused-ring (bicyclic) bond motifs is 1. The van der Waals surface area contributed by atoms with Gasteiger partial charge in [-0.25, -0.2) is 9.97 Å². The van der Waals surface area contributed by atoms with Gasteiger partial charge in [-0.15, -0.1) is 0 Å². The number of nitrogens with one attached hydrogen (secondary N) is 1.